The zero-order valence-corrected chi connectivity index (χ0v) is 22.4. The zero-order chi connectivity index (χ0) is 30.8. The second-order valence-electron chi connectivity index (χ2n) is 9.68. The molecule has 0 aliphatic heterocycles. The quantitative estimate of drug-likeness (QED) is 0.110. The highest BCUT2D eigenvalue weighted by Crippen LogP contribution is 2.19. The molecule has 0 aliphatic rings. The van der Waals surface area contributed by atoms with Crippen molar-refractivity contribution in [2.24, 2.45) is 5.73 Å². The molecule has 0 spiro atoms. The highest BCUT2D eigenvalue weighted by atomic mass is 16.4. The molecule has 0 fully saturated rings. The fourth-order valence-corrected chi connectivity index (χ4v) is 4.23. The number of aromatic nitrogens is 1. The van der Waals surface area contributed by atoms with Gasteiger partial charge in [-0.1, -0.05) is 30.3 Å². The third-order valence-electron chi connectivity index (χ3n) is 6.54. The molecule has 0 saturated carbocycles. The molecule has 10 N–H and O–H groups in total. The standard InChI is InChI=1S/C28H33N5O9/c29-19(9-10-24(36)37)25(38)31-21(11-15-5-7-17(35)8-6-15)26(39)32-22(27(40)33-23(14-34)28(41)42)12-16-13-30-20-4-2-1-3-18(16)20/h1-8,13,19,21-23,30,34-35H,9-12,14,29H2,(H,31,38)(H,32,39)(H,33,40)(H,36,37)(H,41,42). The summed E-state index contributed by atoms with van der Waals surface area (Å²) in [4.78, 5) is 65.0. The third kappa shape index (κ3) is 8.78. The van der Waals surface area contributed by atoms with Crippen LogP contribution in [0, 0.1) is 0 Å². The minimum absolute atomic E-state index is 0.0215. The molecule has 3 aromatic rings. The summed E-state index contributed by atoms with van der Waals surface area (Å²) in [6.07, 6.45) is 0.940. The second-order valence-corrected chi connectivity index (χ2v) is 9.68. The summed E-state index contributed by atoms with van der Waals surface area (Å²) in [6, 6.07) is 7.57. The highest BCUT2D eigenvalue weighted by Gasteiger charge is 2.31. The van der Waals surface area contributed by atoms with E-state index in [0.717, 1.165) is 10.9 Å². The number of nitrogens with two attached hydrogens (primary N) is 1. The Kier molecular flexibility index (Phi) is 11.0. The van der Waals surface area contributed by atoms with E-state index >= 15 is 0 Å². The van der Waals surface area contributed by atoms with Gasteiger partial charge in [-0.2, -0.15) is 0 Å². The van der Waals surface area contributed by atoms with Gasteiger partial charge in [0.15, 0.2) is 0 Å². The Morgan fingerprint density at radius 1 is 0.810 bits per heavy atom. The predicted molar refractivity (Wildman–Crippen MR) is 149 cm³/mol. The highest BCUT2D eigenvalue weighted by molar-refractivity contribution is 5.95. The predicted octanol–water partition coefficient (Wildman–Crippen LogP) is -0.618. The number of carbonyl (C=O) groups excluding carboxylic acids is 3. The van der Waals surface area contributed by atoms with Gasteiger partial charge in [-0.25, -0.2) is 4.79 Å². The lowest BCUT2D eigenvalue weighted by Gasteiger charge is -2.25. The molecule has 4 atom stereocenters. The van der Waals surface area contributed by atoms with Crippen molar-refractivity contribution in [3.8, 4) is 5.75 Å². The van der Waals surface area contributed by atoms with Gasteiger partial charge in [0.2, 0.25) is 17.7 Å². The topological polar surface area (TPSA) is 244 Å². The van der Waals surface area contributed by atoms with Crippen LogP contribution in [0.1, 0.15) is 24.0 Å². The summed E-state index contributed by atoms with van der Waals surface area (Å²) < 4.78 is 0. The third-order valence-corrected chi connectivity index (χ3v) is 6.54. The number of H-pyrrole nitrogens is 1. The van der Waals surface area contributed by atoms with Crippen molar-refractivity contribution in [2.75, 3.05) is 6.61 Å². The number of hydrogen-bond acceptors (Lipinski definition) is 8. The van der Waals surface area contributed by atoms with Crippen molar-refractivity contribution in [2.45, 2.75) is 49.9 Å². The smallest absolute Gasteiger partial charge is 0.328 e. The van der Waals surface area contributed by atoms with Gasteiger partial charge in [-0.05, 0) is 35.7 Å². The average Bonchev–Trinajstić information content (AvgIpc) is 3.37. The number of aliphatic hydroxyl groups excluding tert-OH is 1. The number of carboxylic acids is 2. The number of aliphatic carboxylic acids is 2. The molecule has 224 valence electrons. The first-order valence-corrected chi connectivity index (χ1v) is 13.0. The monoisotopic (exact) mass is 583 g/mol. The average molecular weight is 584 g/mol. The van der Waals surface area contributed by atoms with E-state index in [0.29, 0.717) is 11.1 Å². The van der Waals surface area contributed by atoms with Crippen LogP contribution in [0.25, 0.3) is 10.9 Å². The molecule has 1 heterocycles. The van der Waals surface area contributed by atoms with E-state index in [9.17, 15) is 39.3 Å². The van der Waals surface area contributed by atoms with Gasteiger partial charge in [0.05, 0.1) is 12.6 Å². The number of rotatable bonds is 15. The summed E-state index contributed by atoms with van der Waals surface area (Å²) in [6.45, 7) is -0.886. The normalized spacial score (nSPS) is 13.9. The molecule has 3 rings (SSSR count). The van der Waals surface area contributed by atoms with Gasteiger partial charge in [0.1, 0.15) is 23.9 Å². The van der Waals surface area contributed by atoms with Crippen LogP contribution in [0.15, 0.2) is 54.7 Å². The van der Waals surface area contributed by atoms with Crippen molar-refractivity contribution in [1.82, 2.24) is 20.9 Å². The maximum absolute atomic E-state index is 13.6. The number of fused-ring (bicyclic) bond motifs is 1. The molecule has 0 aliphatic carbocycles. The molecule has 0 radical (unpaired) electrons. The molecule has 14 nitrogen and oxygen atoms in total. The molecular weight excluding hydrogens is 550 g/mol. The summed E-state index contributed by atoms with van der Waals surface area (Å²) in [5, 5.41) is 45.3. The first-order chi connectivity index (χ1) is 20.0. The van der Waals surface area contributed by atoms with Crippen LogP contribution in [-0.4, -0.2) is 85.8 Å². The first-order valence-electron chi connectivity index (χ1n) is 13.0. The lowest BCUT2D eigenvalue weighted by Crippen LogP contribution is -2.58. The van der Waals surface area contributed by atoms with Crippen molar-refractivity contribution in [1.29, 1.82) is 0 Å². The SMILES string of the molecule is NC(CCC(=O)O)C(=O)NC(Cc1ccc(O)cc1)C(=O)NC(Cc1c[nH]c2ccccc12)C(=O)NC(CO)C(=O)O. The van der Waals surface area contributed by atoms with Crippen LogP contribution in [0.5, 0.6) is 5.75 Å². The first kappa shape index (κ1) is 31.6. The largest absolute Gasteiger partial charge is 0.508 e. The van der Waals surface area contributed by atoms with E-state index in [1.807, 2.05) is 12.1 Å². The van der Waals surface area contributed by atoms with E-state index in [4.69, 9.17) is 10.8 Å². The van der Waals surface area contributed by atoms with Gasteiger partial charge < -0.3 is 47.1 Å². The zero-order valence-electron chi connectivity index (χ0n) is 22.4. The minimum Gasteiger partial charge on any atom is -0.508 e. The number of carboxylic acid groups (broad SMARTS) is 2. The molecule has 3 amide bonds. The summed E-state index contributed by atoms with van der Waals surface area (Å²) in [5.74, 6) is -5.13. The van der Waals surface area contributed by atoms with Crippen molar-refractivity contribution >= 4 is 40.6 Å². The molecule has 0 saturated heterocycles. The lowest BCUT2D eigenvalue weighted by molar-refractivity contribution is -0.143. The number of aliphatic hydroxyl groups is 1. The Bertz CT molecular complexity index is 1420. The lowest BCUT2D eigenvalue weighted by atomic mass is 10.0. The number of aromatic amines is 1. The van der Waals surface area contributed by atoms with E-state index in [-0.39, 0.29) is 31.4 Å². The van der Waals surface area contributed by atoms with Crippen molar-refractivity contribution < 1.29 is 44.4 Å². The number of nitrogens with one attached hydrogen (secondary N) is 4. The van der Waals surface area contributed by atoms with Crippen molar-refractivity contribution in [3.05, 3.63) is 65.9 Å². The number of para-hydroxylation sites is 1. The fraction of sp³-hybridized carbons (Fsp3) is 0.321. The van der Waals surface area contributed by atoms with Gasteiger partial charge in [0.25, 0.3) is 0 Å². The van der Waals surface area contributed by atoms with Crippen LogP contribution < -0.4 is 21.7 Å². The minimum atomic E-state index is -1.63. The maximum atomic E-state index is 13.6. The maximum Gasteiger partial charge on any atom is 0.328 e. The van der Waals surface area contributed by atoms with Crippen LogP contribution >= 0.6 is 0 Å². The van der Waals surface area contributed by atoms with E-state index in [1.54, 1.807) is 18.3 Å². The van der Waals surface area contributed by atoms with Gasteiger partial charge in [0, 0.05) is 36.4 Å². The Hall–Kier alpha value is -4.95. The molecular formula is C28H33N5O9. The number of phenols is 1. The summed E-state index contributed by atoms with van der Waals surface area (Å²) >= 11 is 0. The summed E-state index contributed by atoms with van der Waals surface area (Å²) in [7, 11) is 0. The van der Waals surface area contributed by atoms with Gasteiger partial charge >= 0.3 is 11.9 Å². The van der Waals surface area contributed by atoms with Gasteiger partial charge in [-0.3, -0.25) is 19.2 Å². The molecule has 0 bridgehead atoms. The number of phenolic OH excluding ortho intramolecular Hbond substituents is 1. The molecule has 14 heteroatoms. The number of carbonyl (C=O) groups is 5. The molecule has 4 unspecified atom stereocenters. The van der Waals surface area contributed by atoms with E-state index in [1.165, 1.54) is 24.3 Å². The second kappa shape index (κ2) is 14.6. The molecule has 2 aromatic carbocycles. The van der Waals surface area contributed by atoms with Crippen LogP contribution in [0.3, 0.4) is 0 Å². The van der Waals surface area contributed by atoms with Crippen LogP contribution in [0.4, 0.5) is 0 Å². The fourth-order valence-electron chi connectivity index (χ4n) is 4.23. The molecule has 1 aromatic heterocycles. The van der Waals surface area contributed by atoms with Crippen molar-refractivity contribution in [3.63, 3.8) is 0 Å². The number of amides is 3. The Morgan fingerprint density at radius 2 is 1.40 bits per heavy atom. The van der Waals surface area contributed by atoms with E-state index < -0.39 is 60.4 Å². The van der Waals surface area contributed by atoms with Gasteiger partial charge in [-0.15, -0.1) is 0 Å². The summed E-state index contributed by atoms with van der Waals surface area (Å²) in [5.41, 5.74) is 7.77. The van der Waals surface area contributed by atoms with E-state index in [2.05, 4.69) is 20.9 Å². The van der Waals surface area contributed by atoms with Crippen LogP contribution in [-0.2, 0) is 36.8 Å². The Balaban J connectivity index is 1.88. The number of aromatic hydroxyl groups is 1. The van der Waals surface area contributed by atoms with Crippen LogP contribution in [0.2, 0.25) is 0 Å². The Morgan fingerprint density at radius 3 is 2.02 bits per heavy atom. The number of benzene rings is 2. The number of hydrogen-bond donors (Lipinski definition) is 9. The Labute approximate surface area is 239 Å². The molecule has 42 heavy (non-hydrogen) atoms.